The molecule has 0 fully saturated rings. The van der Waals surface area contributed by atoms with Crippen LogP contribution in [0.25, 0.3) is 0 Å². The van der Waals surface area contributed by atoms with E-state index in [4.69, 9.17) is 52.1 Å². The Bertz CT molecular complexity index is 843. The van der Waals surface area contributed by atoms with Crippen molar-refractivity contribution in [3.8, 4) is 0 Å². The van der Waals surface area contributed by atoms with Crippen molar-refractivity contribution in [3.05, 3.63) is 62.6 Å². The molecule has 24 heavy (non-hydrogen) atoms. The Kier molecular flexibility index (Phi) is 6.01. The SMILES string of the molecule is O=C(NC(=S)Nc1ccc(Cl)c(C(=O)O)c1)c1ccc(Cl)c(Cl)c1. The van der Waals surface area contributed by atoms with Crippen LogP contribution in [0.2, 0.25) is 15.1 Å². The summed E-state index contributed by atoms with van der Waals surface area (Å²) in [5.74, 6) is -1.66. The summed E-state index contributed by atoms with van der Waals surface area (Å²) in [6, 6.07) is 8.66. The van der Waals surface area contributed by atoms with E-state index in [0.29, 0.717) is 10.7 Å². The van der Waals surface area contributed by atoms with Crippen molar-refractivity contribution in [2.45, 2.75) is 0 Å². The molecule has 0 radical (unpaired) electrons. The van der Waals surface area contributed by atoms with Crippen LogP contribution < -0.4 is 10.6 Å². The molecule has 0 spiro atoms. The number of hydrogen-bond donors (Lipinski definition) is 3. The average Bonchev–Trinajstić information content (AvgIpc) is 2.51. The minimum atomic E-state index is -1.17. The standard InChI is InChI=1S/C15H9Cl3N2O3S/c16-10-4-2-8(6-9(10)14(22)23)19-15(24)20-13(21)7-1-3-11(17)12(18)5-7/h1-6H,(H,22,23)(H2,19,20,21,24). The largest absolute Gasteiger partial charge is 0.478 e. The molecule has 0 saturated carbocycles. The molecular weight excluding hydrogens is 395 g/mol. The molecule has 0 unspecified atom stereocenters. The monoisotopic (exact) mass is 402 g/mol. The second-order valence-electron chi connectivity index (χ2n) is 4.54. The number of carboxylic acids is 1. The Morgan fingerprint density at radius 3 is 2.25 bits per heavy atom. The number of carbonyl (C=O) groups excluding carboxylic acids is 1. The van der Waals surface area contributed by atoms with Crippen LogP contribution in [0.5, 0.6) is 0 Å². The number of halogens is 3. The predicted octanol–water partition coefficient (Wildman–Crippen LogP) is 4.47. The first kappa shape index (κ1) is 18.5. The first-order valence-corrected chi connectivity index (χ1v) is 7.92. The number of thiocarbonyl (C=S) groups is 1. The molecule has 0 aliphatic carbocycles. The lowest BCUT2D eigenvalue weighted by molar-refractivity contribution is 0.0697. The van der Waals surface area contributed by atoms with E-state index < -0.39 is 11.9 Å². The average molecular weight is 404 g/mol. The number of rotatable bonds is 3. The number of aromatic carboxylic acids is 1. The molecule has 0 aromatic heterocycles. The lowest BCUT2D eigenvalue weighted by atomic mass is 10.2. The molecule has 0 aliphatic rings. The zero-order valence-electron chi connectivity index (χ0n) is 11.8. The Morgan fingerprint density at radius 2 is 1.62 bits per heavy atom. The summed E-state index contributed by atoms with van der Waals surface area (Å²) in [5, 5.41) is 14.9. The van der Waals surface area contributed by atoms with E-state index in [1.165, 1.54) is 36.4 Å². The maximum atomic E-state index is 12.1. The number of hydrogen-bond acceptors (Lipinski definition) is 3. The summed E-state index contributed by atoms with van der Waals surface area (Å²) in [6.07, 6.45) is 0. The minimum Gasteiger partial charge on any atom is -0.478 e. The summed E-state index contributed by atoms with van der Waals surface area (Å²) in [7, 11) is 0. The molecule has 0 saturated heterocycles. The highest BCUT2D eigenvalue weighted by Crippen LogP contribution is 2.23. The normalized spacial score (nSPS) is 10.1. The maximum absolute atomic E-state index is 12.1. The Labute approximate surface area is 157 Å². The van der Waals surface area contributed by atoms with Crippen LogP contribution in [-0.2, 0) is 0 Å². The highest BCUT2D eigenvalue weighted by Gasteiger charge is 2.12. The number of amides is 1. The van der Waals surface area contributed by atoms with Crippen LogP contribution in [0.3, 0.4) is 0 Å². The van der Waals surface area contributed by atoms with Crippen LogP contribution in [0, 0.1) is 0 Å². The summed E-state index contributed by atoms with van der Waals surface area (Å²) >= 11 is 22.5. The second-order valence-corrected chi connectivity index (χ2v) is 6.17. The Morgan fingerprint density at radius 1 is 0.958 bits per heavy atom. The van der Waals surface area contributed by atoms with E-state index in [1.807, 2.05) is 0 Å². The molecule has 9 heteroatoms. The van der Waals surface area contributed by atoms with Gasteiger partial charge in [0.1, 0.15) is 0 Å². The molecular formula is C15H9Cl3N2O3S. The summed E-state index contributed by atoms with van der Waals surface area (Å²) in [4.78, 5) is 23.1. The molecule has 1 amide bonds. The van der Waals surface area contributed by atoms with Crippen LogP contribution in [0.4, 0.5) is 5.69 Å². The Hall–Kier alpha value is -1.86. The maximum Gasteiger partial charge on any atom is 0.337 e. The summed E-state index contributed by atoms with van der Waals surface area (Å²) < 4.78 is 0. The van der Waals surface area contributed by atoms with Crippen molar-refractivity contribution in [1.29, 1.82) is 0 Å². The van der Waals surface area contributed by atoms with E-state index in [-0.39, 0.29) is 26.3 Å². The van der Waals surface area contributed by atoms with Crippen LogP contribution in [0.15, 0.2) is 36.4 Å². The molecule has 0 atom stereocenters. The third-order valence-electron chi connectivity index (χ3n) is 2.86. The van der Waals surface area contributed by atoms with Gasteiger partial charge in [-0.25, -0.2) is 4.79 Å². The van der Waals surface area contributed by atoms with Crippen molar-refractivity contribution in [2.24, 2.45) is 0 Å². The fourth-order valence-corrected chi connectivity index (χ4v) is 2.45. The third kappa shape index (κ3) is 4.58. The smallest absolute Gasteiger partial charge is 0.337 e. The van der Waals surface area contributed by atoms with Gasteiger partial charge < -0.3 is 10.4 Å². The van der Waals surface area contributed by atoms with Crippen LogP contribution in [-0.4, -0.2) is 22.1 Å². The molecule has 0 aliphatic heterocycles. The van der Waals surface area contributed by atoms with Gasteiger partial charge >= 0.3 is 5.97 Å². The molecule has 3 N–H and O–H groups in total. The van der Waals surface area contributed by atoms with E-state index in [2.05, 4.69) is 10.6 Å². The topological polar surface area (TPSA) is 78.4 Å². The second kappa shape index (κ2) is 7.81. The predicted molar refractivity (Wildman–Crippen MR) is 98.6 cm³/mol. The number of anilines is 1. The summed E-state index contributed by atoms with van der Waals surface area (Å²) in [5.41, 5.74) is 0.562. The summed E-state index contributed by atoms with van der Waals surface area (Å²) in [6.45, 7) is 0. The van der Waals surface area contributed by atoms with Crippen molar-refractivity contribution in [3.63, 3.8) is 0 Å². The van der Waals surface area contributed by atoms with Crippen molar-refractivity contribution in [1.82, 2.24) is 5.32 Å². The van der Waals surface area contributed by atoms with E-state index in [9.17, 15) is 9.59 Å². The number of carboxylic acid groups (broad SMARTS) is 1. The van der Waals surface area contributed by atoms with Gasteiger partial charge in [0.25, 0.3) is 5.91 Å². The van der Waals surface area contributed by atoms with Crippen LogP contribution in [0.1, 0.15) is 20.7 Å². The van der Waals surface area contributed by atoms with Gasteiger partial charge in [-0.3, -0.25) is 10.1 Å². The van der Waals surface area contributed by atoms with Crippen LogP contribution >= 0.6 is 47.0 Å². The molecule has 2 rings (SSSR count). The van der Waals surface area contributed by atoms with Gasteiger partial charge in [-0.1, -0.05) is 34.8 Å². The Balaban J connectivity index is 2.07. The molecule has 5 nitrogen and oxygen atoms in total. The lowest BCUT2D eigenvalue weighted by Gasteiger charge is -2.11. The van der Waals surface area contributed by atoms with Gasteiger partial charge in [0, 0.05) is 11.3 Å². The fourth-order valence-electron chi connectivity index (χ4n) is 1.74. The molecule has 0 heterocycles. The minimum absolute atomic E-state index is 0.00951. The van der Waals surface area contributed by atoms with Gasteiger partial charge in [0.05, 0.1) is 20.6 Å². The molecule has 2 aromatic rings. The van der Waals surface area contributed by atoms with E-state index >= 15 is 0 Å². The highest BCUT2D eigenvalue weighted by molar-refractivity contribution is 7.80. The van der Waals surface area contributed by atoms with E-state index in [1.54, 1.807) is 0 Å². The number of benzene rings is 2. The van der Waals surface area contributed by atoms with Crippen molar-refractivity contribution in [2.75, 3.05) is 5.32 Å². The van der Waals surface area contributed by atoms with Gasteiger partial charge in [-0.2, -0.15) is 0 Å². The van der Waals surface area contributed by atoms with Gasteiger partial charge in [-0.05, 0) is 48.6 Å². The third-order valence-corrected chi connectivity index (χ3v) is 4.14. The van der Waals surface area contributed by atoms with Crippen molar-refractivity contribution < 1.29 is 14.7 Å². The van der Waals surface area contributed by atoms with Gasteiger partial charge in [0.15, 0.2) is 5.11 Å². The number of nitrogens with one attached hydrogen (secondary N) is 2. The number of carbonyl (C=O) groups is 2. The van der Waals surface area contributed by atoms with E-state index in [0.717, 1.165) is 0 Å². The molecule has 0 bridgehead atoms. The zero-order valence-corrected chi connectivity index (χ0v) is 14.9. The molecule has 2 aromatic carbocycles. The lowest BCUT2D eigenvalue weighted by Crippen LogP contribution is -2.34. The van der Waals surface area contributed by atoms with Gasteiger partial charge in [0.2, 0.25) is 0 Å². The zero-order chi connectivity index (χ0) is 17.9. The molecule has 124 valence electrons. The first-order valence-electron chi connectivity index (χ1n) is 6.38. The fraction of sp³-hybridized carbons (Fsp3) is 0. The van der Waals surface area contributed by atoms with Crippen molar-refractivity contribution >= 4 is 69.7 Å². The van der Waals surface area contributed by atoms with Gasteiger partial charge in [-0.15, -0.1) is 0 Å². The quantitative estimate of drug-likeness (QED) is 0.659. The first-order chi connectivity index (χ1) is 11.3. The highest BCUT2D eigenvalue weighted by atomic mass is 35.5.